The van der Waals surface area contributed by atoms with Crippen molar-refractivity contribution in [1.82, 2.24) is 24.9 Å². The van der Waals surface area contributed by atoms with Crippen LogP contribution in [0.4, 0.5) is 0 Å². The van der Waals surface area contributed by atoms with Gasteiger partial charge in [0.05, 0.1) is 30.5 Å². The molecule has 31 heavy (non-hydrogen) atoms. The summed E-state index contributed by atoms with van der Waals surface area (Å²) >= 11 is 6.10. The molecule has 162 valence electrons. The minimum Gasteiger partial charge on any atom is -0.492 e. The number of aromatic amines is 1. The van der Waals surface area contributed by atoms with Gasteiger partial charge in [0.15, 0.2) is 0 Å². The van der Waals surface area contributed by atoms with E-state index < -0.39 is 0 Å². The highest BCUT2D eigenvalue weighted by molar-refractivity contribution is 6.32. The standard InChI is InChI=1S/C21H22ClN5O4/c1-26-20(28)7-6-16(25-26)21(29)27-9-11-31-19(13-27)17-12-14(23-24-17)8-10-30-18-5-3-2-4-15(18)22/h2-7,12,19H,8-11,13H2,1H3,(H,23,24)/t19-/m0/s1. The van der Waals surface area contributed by atoms with Crippen molar-refractivity contribution in [1.29, 1.82) is 0 Å². The molecule has 2 aromatic heterocycles. The Morgan fingerprint density at radius 2 is 2.16 bits per heavy atom. The zero-order valence-electron chi connectivity index (χ0n) is 17.0. The maximum atomic E-state index is 12.8. The van der Waals surface area contributed by atoms with E-state index in [1.807, 2.05) is 24.3 Å². The maximum Gasteiger partial charge on any atom is 0.274 e. The van der Waals surface area contributed by atoms with Gasteiger partial charge < -0.3 is 14.4 Å². The molecule has 3 aromatic rings. The second-order valence-corrected chi connectivity index (χ2v) is 7.55. The largest absolute Gasteiger partial charge is 0.492 e. The lowest BCUT2D eigenvalue weighted by Crippen LogP contribution is -2.43. The molecule has 10 heteroatoms. The molecule has 0 saturated carbocycles. The van der Waals surface area contributed by atoms with E-state index in [0.717, 1.165) is 16.1 Å². The fourth-order valence-corrected chi connectivity index (χ4v) is 3.49. The molecule has 1 N–H and O–H groups in total. The Kier molecular flexibility index (Phi) is 6.34. The predicted molar refractivity (Wildman–Crippen MR) is 113 cm³/mol. The van der Waals surface area contributed by atoms with E-state index in [1.54, 1.807) is 11.0 Å². The lowest BCUT2D eigenvalue weighted by Gasteiger charge is -2.31. The number of amides is 1. The third-order valence-corrected chi connectivity index (χ3v) is 5.29. The summed E-state index contributed by atoms with van der Waals surface area (Å²) in [5.74, 6) is 0.397. The number of hydrogen-bond acceptors (Lipinski definition) is 6. The zero-order chi connectivity index (χ0) is 21.8. The summed E-state index contributed by atoms with van der Waals surface area (Å²) in [5.41, 5.74) is 1.58. The topological polar surface area (TPSA) is 102 Å². The summed E-state index contributed by atoms with van der Waals surface area (Å²) < 4.78 is 12.7. The van der Waals surface area contributed by atoms with Crippen molar-refractivity contribution in [3.05, 3.63) is 74.9 Å². The van der Waals surface area contributed by atoms with Crippen molar-refractivity contribution < 1.29 is 14.3 Å². The SMILES string of the molecule is Cn1nc(C(=O)N2CCO[C@H](c3cc(CCOc4ccccc4Cl)[nH]n3)C2)ccc1=O. The van der Waals surface area contributed by atoms with E-state index in [4.69, 9.17) is 21.1 Å². The van der Waals surface area contributed by atoms with Crippen molar-refractivity contribution in [2.24, 2.45) is 7.05 Å². The number of nitrogens with one attached hydrogen (secondary N) is 1. The molecule has 1 fully saturated rings. The van der Waals surface area contributed by atoms with Gasteiger partial charge in [-0.05, 0) is 24.3 Å². The Morgan fingerprint density at radius 3 is 2.97 bits per heavy atom. The molecule has 0 spiro atoms. The number of nitrogens with zero attached hydrogens (tertiary/aromatic N) is 4. The summed E-state index contributed by atoms with van der Waals surface area (Å²) in [4.78, 5) is 26.0. The van der Waals surface area contributed by atoms with Gasteiger partial charge >= 0.3 is 0 Å². The van der Waals surface area contributed by atoms with Crippen molar-refractivity contribution in [3.8, 4) is 5.75 Å². The number of halogens is 1. The van der Waals surface area contributed by atoms with Gasteiger partial charge in [0, 0.05) is 31.8 Å². The monoisotopic (exact) mass is 443 g/mol. The average Bonchev–Trinajstić information content (AvgIpc) is 3.26. The number of benzene rings is 1. The lowest BCUT2D eigenvalue weighted by molar-refractivity contribution is -0.0250. The summed E-state index contributed by atoms with van der Waals surface area (Å²) in [6, 6.07) is 12.0. The van der Waals surface area contributed by atoms with Crippen LogP contribution in [-0.4, -0.2) is 57.1 Å². The van der Waals surface area contributed by atoms with E-state index in [9.17, 15) is 9.59 Å². The molecule has 0 unspecified atom stereocenters. The van der Waals surface area contributed by atoms with E-state index >= 15 is 0 Å². The molecule has 0 radical (unpaired) electrons. The van der Waals surface area contributed by atoms with Crippen LogP contribution in [0, 0.1) is 0 Å². The number of carbonyl (C=O) groups is 1. The van der Waals surface area contributed by atoms with Crippen LogP contribution in [0.3, 0.4) is 0 Å². The fraction of sp³-hybridized carbons (Fsp3) is 0.333. The van der Waals surface area contributed by atoms with E-state index in [1.165, 1.54) is 19.2 Å². The first-order valence-electron chi connectivity index (χ1n) is 9.88. The van der Waals surface area contributed by atoms with Crippen LogP contribution in [0.5, 0.6) is 5.75 Å². The summed E-state index contributed by atoms with van der Waals surface area (Å²) in [5, 5.41) is 12.0. The smallest absolute Gasteiger partial charge is 0.274 e. The van der Waals surface area contributed by atoms with Gasteiger partial charge in [-0.1, -0.05) is 23.7 Å². The zero-order valence-corrected chi connectivity index (χ0v) is 17.7. The number of H-pyrrole nitrogens is 1. The normalized spacial score (nSPS) is 16.3. The van der Waals surface area contributed by atoms with Gasteiger partial charge in [-0.2, -0.15) is 10.2 Å². The quantitative estimate of drug-likeness (QED) is 0.625. The number of hydrogen-bond donors (Lipinski definition) is 1. The number of rotatable bonds is 6. The molecule has 0 bridgehead atoms. The molecule has 1 aliphatic rings. The molecule has 4 rings (SSSR count). The Labute approximate surface area is 183 Å². The number of carbonyl (C=O) groups excluding carboxylic acids is 1. The summed E-state index contributed by atoms with van der Waals surface area (Å²) in [7, 11) is 1.52. The molecular formula is C21H22ClN5O4. The number of aryl methyl sites for hydroxylation is 1. The Morgan fingerprint density at radius 1 is 1.32 bits per heavy atom. The van der Waals surface area contributed by atoms with Crippen molar-refractivity contribution in [2.75, 3.05) is 26.3 Å². The van der Waals surface area contributed by atoms with Crippen LogP contribution in [0.15, 0.2) is 47.3 Å². The minimum absolute atomic E-state index is 0.224. The van der Waals surface area contributed by atoms with Crippen LogP contribution in [0.25, 0.3) is 0 Å². The van der Waals surface area contributed by atoms with Crippen LogP contribution in [0.1, 0.15) is 28.0 Å². The lowest BCUT2D eigenvalue weighted by atomic mass is 10.1. The predicted octanol–water partition coefficient (Wildman–Crippen LogP) is 1.99. The molecule has 1 saturated heterocycles. The van der Waals surface area contributed by atoms with Crippen LogP contribution in [0.2, 0.25) is 5.02 Å². The molecule has 1 atom stereocenters. The van der Waals surface area contributed by atoms with Crippen molar-refractivity contribution in [2.45, 2.75) is 12.5 Å². The fourth-order valence-electron chi connectivity index (χ4n) is 3.30. The number of ether oxygens (including phenoxy) is 2. The number of aromatic nitrogens is 4. The number of para-hydroxylation sites is 1. The van der Waals surface area contributed by atoms with Crippen LogP contribution >= 0.6 is 11.6 Å². The molecule has 1 aliphatic heterocycles. The molecule has 1 aromatic carbocycles. The van der Waals surface area contributed by atoms with Gasteiger partial charge in [-0.25, -0.2) is 4.68 Å². The average molecular weight is 444 g/mol. The first-order chi connectivity index (χ1) is 15.0. The Hall–Kier alpha value is -3.17. The second-order valence-electron chi connectivity index (χ2n) is 7.14. The highest BCUT2D eigenvalue weighted by Crippen LogP contribution is 2.24. The van der Waals surface area contributed by atoms with Crippen LogP contribution in [-0.2, 0) is 18.2 Å². The Balaban J connectivity index is 1.36. The van der Waals surface area contributed by atoms with Gasteiger partial charge in [-0.3, -0.25) is 14.7 Å². The second kappa shape index (κ2) is 9.32. The van der Waals surface area contributed by atoms with E-state index in [0.29, 0.717) is 43.5 Å². The molecule has 3 heterocycles. The highest BCUT2D eigenvalue weighted by Gasteiger charge is 2.28. The first kappa shape index (κ1) is 21.1. The molecule has 9 nitrogen and oxygen atoms in total. The maximum absolute atomic E-state index is 12.8. The third-order valence-electron chi connectivity index (χ3n) is 4.98. The first-order valence-corrected chi connectivity index (χ1v) is 10.3. The summed E-state index contributed by atoms with van der Waals surface area (Å²) in [6.07, 6.45) is 0.273. The molecule has 0 aliphatic carbocycles. The van der Waals surface area contributed by atoms with Crippen LogP contribution < -0.4 is 10.3 Å². The number of morpholine rings is 1. The van der Waals surface area contributed by atoms with Gasteiger partial charge in [0.2, 0.25) is 0 Å². The van der Waals surface area contributed by atoms with E-state index in [-0.39, 0.29) is 23.3 Å². The Bertz CT molecular complexity index is 1130. The van der Waals surface area contributed by atoms with Crippen molar-refractivity contribution in [3.63, 3.8) is 0 Å². The third kappa shape index (κ3) is 4.95. The van der Waals surface area contributed by atoms with Gasteiger partial charge in [0.25, 0.3) is 11.5 Å². The minimum atomic E-state index is -0.347. The van der Waals surface area contributed by atoms with Gasteiger partial charge in [-0.15, -0.1) is 0 Å². The highest BCUT2D eigenvalue weighted by atomic mass is 35.5. The summed E-state index contributed by atoms with van der Waals surface area (Å²) in [6.45, 7) is 1.63. The van der Waals surface area contributed by atoms with Crippen molar-refractivity contribution >= 4 is 17.5 Å². The van der Waals surface area contributed by atoms with Gasteiger partial charge in [0.1, 0.15) is 17.5 Å². The molecular weight excluding hydrogens is 422 g/mol. The van der Waals surface area contributed by atoms with E-state index in [2.05, 4.69) is 15.3 Å². The molecule has 1 amide bonds.